The number of amides is 2. The van der Waals surface area contributed by atoms with Gasteiger partial charge in [0.2, 0.25) is 0 Å². The van der Waals surface area contributed by atoms with E-state index < -0.39 is 18.0 Å². The van der Waals surface area contributed by atoms with Crippen LogP contribution in [0.2, 0.25) is 5.02 Å². The Kier molecular flexibility index (Phi) is 7.36. The highest BCUT2D eigenvalue weighted by atomic mass is 35.5. The number of ether oxygens (including phenoxy) is 1. The standard InChI is InChI=1S/C18H20ClN3O5/c1-3-14(18(25)21-15-10-11(2)27-22-15)26-16(23)8-9-20-17(24)12-4-6-13(19)7-5-12/h4-7,10,14H,3,8-9H2,1-2H3,(H,20,24)(H,21,22,25). The van der Waals surface area contributed by atoms with Gasteiger partial charge in [0.15, 0.2) is 11.9 Å². The Morgan fingerprint density at radius 2 is 1.96 bits per heavy atom. The van der Waals surface area contributed by atoms with E-state index in [2.05, 4.69) is 15.8 Å². The van der Waals surface area contributed by atoms with E-state index in [9.17, 15) is 14.4 Å². The van der Waals surface area contributed by atoms with E-state index in [1.54, 1.807) is 44.2 Å². The molecule has 1 aromatic heterocycles. The Bertz CT molecular complexity index is 804. The highest BCUT2D eigenvalue weighted by Gasteiger charge is 2.22. The third-order valence-electron chi connectivity index (χ3n) is 3.54. The molecule has 1 unspecified atom stereocenters. The van der Waals surface area contributed by atoms with Crippen molar-refractivity contribution in [2.75, 3.05) is 11.9 Å². The van der Waals surface area contributed by atoms with Crippen molar-refractivity contribution in [3.63, 3.8) is 0 Å². The van der Waals surface area contributed by atoms with Gasteiger partial charge in [-0.25, -0.2) is 0 Å². The van der Waals surface area contributed by atoms with E-state index in [-0.39, 0.29) is 24.7 Å². The van der Waals surface area contributed by atoms with Gasteiger partial charge in [0.05, 0.1) is 6.42 Å². The highest BCUT2D eigenvalue weighted by molar-refractivity contribution is 6.30. The number of carbonyl (C=O) groups excluding carboxylic acids is 3. The maximum absolute atomic E-state index is 12.1. The quantitative estimate of drug-likeness (QED) is 0.667. The number of esters is 1. The molecule has 0 radical (unpaired) electrons. The van der Waals surface area contributed by atoms with Gasteiger partial charge in [-0.15, -0.1) is 0 Å². The highest BCUT2D eigenvalue weighted by Crippen LogP contribution is 2.11. The summed E-state index contributed by atoms with van der Waals surface area (Å²) >= 11 is 5.77. The molecule has 0 bridgehead atoms. The van der Waals surface area contributed by atoms with Crippen LogP contribution in [0.15, 0.2) is 34.9 Å². The maximum Gasteiger partial charge on any atom is 0.308 e. The molecule has 2 amide bonds. The summed E-state index contributed by atoms with van der Waals surface area (Å²) < 4.78 is 10.0. The molecule has 1 heterocycles. The van der Waals surface area contributed by atoms with Gasteiger partial charge in [-0.1, -0.05) is 23.7 Å². The van der Waals surface area contributed by atoms with Gasteiger partial charge in [-0.05, 0) is 37.6 Å². The summed E-state index contributed by atoms with van der Waals surface area (Å²) in [5.74, 6) is -0.617. The molecule has 0 fully saturated rings. The van der Waals surface area contributed by atoms with Crippen LogP contribution in [0.3, 0.4) is 0 Å². The molecule has 9 heteroatoms. The smallest absolute Gasteiger partial charge is 0.308 e. The normalized spacial score (nSPS) is 11.5. The number of hydrogen-bond acceptors (Lipinski definition) is 6. The molecule has 0 aliphatic rings. The van der Waals surface area contributed by atoms with E-state index >= 15 is 0 Å². The minimum Gasteiger partial charge on any atom is -0.452 e. The topological polar surface area (TPSA) is 111 Å². The lowest BCUT2D eigenvalue weighted by molar-refractivity contribution is -0.154. The molecule has 144 valence electrons. The van der Waals surface area contributed by atoms with Gasteiger partial charge in [0.1, 0.15) is 5.76 Å². The number of aryl methyl sites for hydroxylation is 1. The second-order valence-electron chi connectivity index (χ2n) is 5.71. The number of hydrogen-bond donors (Lipinski definition) is 2. The molecular weight excluding hydrogens is 374 g/mol. The number of benzene rings is 1. The Hall–Kier alpha value is -2.87. The zero-order chi connectivity index (χ0) is 19.8. The SMILES string of the molecule is CCC(OC(=O)CCNC(=O)c1ccc(Cl)cc1)C(=O)Nc1cc(C)on1. The fourth-order valence-electron chi connectivity index (χ4n) is 2.15. The van der Waals surface area contributed by atoms with Gasteiger partial charge in [-0.3, -0.25) is 14.4 Å². The monoisotopic (exact) mass is 393 g/mol. The number of aromatic nitrogens is 1. The van der Waals surface area contributed by atoms with Crippen LogP contribution in [0.25, 0.3) is 0 Å². The predicted molar refractivity (Wildman–Crippen MR) is 98.4 cm³/mol. The lowest BCUT2D eigenvalue weighted by Crippen LogP contribution is -2.33. The Balaban J connectivity index is 1.76. The molecular formula is C18H20ClN3O5. The molecule has 2 aromatic rings. The van der Waals surface area contributed by atoms with Crippen molar-refractivity contribution >= 4 is 35.2 Å². The van der Waals surface area contributed by atoms with Crippen LogP contribution in [0.5, 0.6) is 0 Å². The molecule has 8 nitrogen and oxygen atoms in total. The molecule has 0 aliphatic carbocycles. The van der Waals surface area contributed by atoms with Crippen LogP contribution < -0.4 is 10.6 Å². The second kappa shape index (κ2) is 9.72. The van der Waals surface area contributed by atoms with Crippen LogP contribution in [-0.2, 0) is 14.3 Å². The molecule has 2 N–H and O–H groups in total. The van der Waals surface area contributed by atoms with Crippen LogP contribution in [0.4, 0.5) is 5.82 Å². The summed E-state index contributed by atoms with van der Waals surface area (Å²) in [7, 11) is 0. The van der Waals surface area contributed by atoms with Crippen molar-refractivity contribution in [3.05, 3.63) is 46.7 Å². The minimum absolute atomic E-state index is 0.0633. The largest absolute Gasteiger partial charge is 0.452 e. The van der Waals surface area contributed by atoms with Gasteiger partial charge in [0, 0.05) is 23.2 Å². The molecule has 1 aromatic carbocycles. The molecule has 1 atom stereocenters. The Labute approximate surface area is 161 Å². The van der Waals surface area contributed by atoms with E-state index in [1.807, 2.05) is 0 Å². The first kappa shape index (κ1) is 20.4. The fourth-order valence-corrected chi connectivity index (χ4v) is 2.28. The number of anilines is 1. The Morgan fingerprint density at radius 1 is 1.26 bits per heavy atom. The molecule has 2 rings (SSSR count). The van der Waals surface area contributed by atoms with Gasteiger partial charge < -0.3 is 19.9 Å². The van der Waals surface area contributed by atoms with Gasteiger partial charge >= 0.3 is 5.97 Å². The van der Waals surface area contributed by atoms with E-state index in [0.29, 0.717) is 22.8 Å². The fraction of sp³-hybridized carbons (Fsp3) is 0.333. The van der Waals surface area contributed by atoms with Crippen LogP contribution in [0, 0.1) is 6.92 Å². The van der Waals surface area contributed by atoms with Crippen molar-refractivity contribution < 1.29 is 23.6 Å². The zero-order valence-electron chi connectivity index (χ0n) is 15.0. The Morgan fingerprint density at radius 3 is 2.56 bits per heavy atom. The molecule has 0 aliphatic heterocycles. The van der Waals surface area contributed by atoms with Crippen LogP contribution in [0.1, 0.15) is 35.9 Å². The van der Waals surface area contributed by atoms with Crippen molar-refractivity contribution in [2.24, 2.45) is 0 Å². The van der Waals surface area contributed by atoms with Gasteiger partial charge in [-0.2, -0.15) is 0 Å². The number of nitrogens with one attached hydrogen (secondary N) is 2. The van der Waals surface area contributed by atoms with Crippen molar-refractivity contribution in [2.45, 2.75) is 32.8 Å². The van der Waals surface area contributed by atoms with Gasteiger partial charge in [0.25, 0.3) is 11.8 Å². The molecule has 0 spiro atoms. The first-order valence-corrected chi connectivity index (χ1v) is 8.74. The van der Waals surface area contributed by atoms with E-state index in [4.69, 9.17) is 20.9 Å². The summed E-state index contributed by atoms with van der Waals surface area (Å²) in [6.07, 6.45) is -0.723. The van der Waals surface area contributed by atoms with Crippen molar-refractivity contribution in [1.82, 2.24) is 10.5 Å². The zero-order valence-corrected chi connectivity index (χ0v) is 15.7. The number of carbonyl (C=O) groups is 3. The van der Waals surface area contributed by atoms with Crippen LogP contribution in [-0.4, -0.2) is 35.6 Å². The molecule has 27 heavy (non-hydrogen) atoms. The summed E-state index contributed by atoms with van der Waals surface area (Å²) in [6.45, 7) is 3.49. The summed E-state index contributed by atoms with van der Waals surface area (Å²) in [5.41, 5.74) is 0.432. The van der Waals surface area contributed by atoms with Crippen molar-refractivity contribution in [3.8, 4) is 0 Å². The number of rotatable bonds is 8. The average molecular weight is 394 g/mol. The second-order valence-corrected chi connectivity index (χ2v) is 6.15. The van der Waals surface area contributed by atoms with E-state index in [0.717, 1.165) is 0 Å². The third-order valence-corrected chi connectivity index (χ3v) is 3.79. The van der Waals surface area contributed by atoms with Crippen LogP contribution >= 0.6 is 11.6 Å². The maximum atomic E-state index is 12.1. The van der Waals surface area contributed by atoms with E-state index in [1.165, 1.54) is 0 Å². The molecule has 0 saturated carbocycles. The van der Waals surface area contributed by atoms with Crippen molar-refractivity contribution in [1.29, 1.82) is 0 Å². The first-order chi connectivity index (χ1) is 12.9. The minimum atomic E-state index is -0.957. The summed E-state index contributed by atoms with van der Waals surface area (Å²) in [4.78, 5) is 36.0. The number of halogens is 1. The summed E-state index contributed by atoms with van der Waals surface area (Å²) in [5, 5.41) is 9.30. The average Bonchev–Trinajstić information content (AvgIpc) is 3.04. The number of nitrogens with zero attached hydrogens (tertiary/aromatic N) is 1. The lowest BCUT2D eigenvalue weighted by atomic mass is 10.2. The lowest BCUT2D eigenvalue weighted by Gasteiger charge is -2.15. The third kappa shape index (κ3) is 6.41. The molecule has 0 saturated heterocycles. The summed E-state index contributed by atoms with van der Waals surface area (Å²) in [6, 6.07) is 7.92. The first-order valence-electron chi connectivity index (χ1n) is 8.36. The predicted octanol–water partition coefficient (Wildman–Crippen LogP) is 2.72.